The Morgan fingerprint density at radius 3 is 2.40 bits per heavy atom. The molecule has 3 aromatic rings. The molecule has 0 spiro atoms. The minimum Gasteiger partial charge on any atom is -0.480 e. The lowest BCUT2D eigenvalue weighted by atomic mass is 9.98. The molecule has 0 saturated carbocycles. The van der Waals surface area contributed by atoms with Gasteiger partial charge in [-0.2, -0.15) is 5.10 Å². The van der Waals surface area contributed by atoms with Crippen LogP contribution in [0, 0.1) is 0 Å². The van der Waals surface area contributed by atoms with Crippen molar-refractivity contribution in [3.8, 4) is 11.1 Å². The number of rotatable bonds is 6. The number of likely N-dealkylation sites (tertiary alicyclic amines) is 1. The van der Waals surface area contributed by atoms with Crippen LogP contribution in [-0.4, -0.2) is 57.0 Å². The number of carboxylic acid groups (broad SMARTS) is 1. The van der Waals surface area contributed by atoms with Crippen LogP contribution in [0.15, 0.2) is 60.9 Å². The molecule has 1 saturated heterocycles. The summed E-state index contributed by atoms with van der Waals surface area (Å²) in [5.41, 5.74) is 4.96. The third-order valence-corrected chi connectivity index (χ3v) is 6.63. The molecular formula is C26H26N4O5. The van der Waals surface area contributed by atoms with Gasteiger partial charge in [0.2, 0.25) is 5.91 Å². The van der Waals surface area contributed by atoms with Crippen LogP contribution >= 0.6 is 0 Å². The predicted octanol–water partition coefficient (Wildman–Crippen LogP) is 3.71. The molecule has 180 valence electrons. The van der Waals surface area contributed by atoms with Crippen LogP contribution in [0.5, 0.6) is 0 Å². The third kappa shape index (κ3) is 4.62. The highest BCUT2D eigenvalue weighted by Gasteiger charge is 2.32. The van der Waals surface area contributed by atoms with Gasteiger partial charge in [0.25, 0.3) is 0 Å². The highest BCUT2D eigenvalue weighted by Crippen LogP contribution is 2.44. The van der Waals surface area contributed by atoms with E-state index in [-0.39, 0.29) is 25.0 Å². The summed E-state index contributed by atoms with van der Waals surface area (Å²) in [6.07, 6.45) is 4.37. The molecule has 9 heteroatoms. The summed E-state index contributed by atoms with van der Waals surface area (Å²) in [5.74, 6) is -1.34. The molecule has 1 aliphatic carbocycles. The predicted molar refractivity (Wildman–Crippen MR) is 128 cm³/mol. The van der Waals surface area contributed by atoms with Crippen LogP contribution in [-0.2, 0) is 20.9 Å². The summed E-state index contributed by atoms with van der Waals surface area (Å²) in [7, 11) is 0. The first-order chi connectivity index (χ1) is 17.0. The van der Waals surface area contributed by atoms with E-state index >= 15 is 0 Å². The fraction of sp³-hybridized carbons (Fsp3) is 0.308. The summed E-state index contributed by atoms with van der Waals surface area (Å²) in [6, 6.07) is 15.4. The normalized spacial score (nSPS) is 16.9. The third-order valence-electron chi connectivity index (χ3n) is 6.63. The van der Waals surface area contributed by atoms with Gasteiger partial charge in [0.15, 0.2) is 0 Å². The van der Waals surface area contributed by atoms with Gasteiger partial charge in [-0.3, -0.25) is 14.8 Å². The Morgan fingerprint density at radius 1 is 1.03 bits per heavy atom. The molecule has 2 aliphatic rings. The number of amides is 2. The molecule has 1 fully saturated rings. The van der Waals surface area contributed by atoms with E-state index in [1.807, 2.05) is 24.3 Å². The molecule has 2 amide bonds. The van der Waals surface area contributed by atoms with Crippen molar-refractivity contribution >= 4 is 23.7 Å². The van der Waals surface area contributed by atoms with Gasteiger partial charge in [-0.05, 0) is 41.5 Å². The Labute approximate surface area is 202 Å². The zero-order valence-corrected chi connectivity index (χ0v) is 19.1. The first-order valence-electron chi connectivity index (χ1n) is 11.7. The van der Waals surface area contributed by atoms with Crippen molar-refractivity contribution in [3.05, 3.63) is 72.1 Å². The van der Waals surface area contributed by atoms with Crippen molar-refractivity contribution in [1.29, 1.82) is 0 Å². The number of carbonyl (C=O) groups is 3. The molecule has 5 rings (SSSR count). The van der Waals surface area contributed by atoms with E-state index in [0.29, 0.717) is 18.7 Å². The Balaban J connectivity index is 1.18. The maximum atomic E-state index is 12.7. The second kappa shape index (κ2) is 9.61. The highest BCUT2D eigenvalue weighted by atomic mass is 16.5. The molecule has 2 aromatic carbocycles. The molecule has 0 radical (unpaired) electrons. The number of nitrogens with one attached hydrogen (secondary N) is 1. The number of ether oxygens (including phenoxy) is 1. The maximum absolute atomic E-state index is 12.7. The Morgan fingerprint density at radius 2 is 1.71 bits per heavy atom. The van der Waals surface area contributed by atoms with E-state index < -0.39 is 18.1 Å². The van der Waals surface area contributed by atoms with Crippen molar-refractivity contribution in [1.82, 2.24) is 14.7 Å². The van der Waals surface area contributed by atoms with E-state index in [2.05, 4.69) is 34.7 Å². The minimum absolute atomic E-state index is 0.0415. The van der Waals surface area contributed by atoms with E-state index in [4.69, 9.17) is 4.74 Å². The SMILES string of the molecule is O=C(Nc1cnn(CC(=O)N2CCCCC2C(=O)O)c1)OCC1c2ccccc2-c2ccccc21. The zero-order chi connectivity index (χ0) is 24.4. The monoisotopic (exact) mass is 474 g/mol. The lowest BCUT2D eigenvalue weighted by Gasteiger charge is -2.32. The summed E-state index contributed by atoms with van der Waals surface area (Å²) in [6.45, 7) is 0.510. The van der Waals surface area contributed by atoms with Crippen LogP contribution in [0.3, 0.4) is 0 Å². The molecule has 1 aromatic heterocycles. The fourth-order valence-electron chi connectivity index (χ4n) is 4.98. The number of carboxylic acids is 1. The number of carbonyl (C=O) groups excluding carboxylic acids is 2. The number of piperidine rings is 1. The summed E-state index contributed by atoms with van der Waals surface area (Å²) in [5, 5.41) is 16.2. The maximum Gasteiger partial charge on any atom is 0.411 e. The Kier molecular flexibility index (Phi) is 6.22. The number of fused-ring (bicyclic) bond motifs is 3. The largest absolute Gasteiger partial charge is 0.480 e. The van der Waals surface area contributed by atoms with Crippen molar-refractivity contribution in [2.24, 2.45) is 0 Å². The van der Waals surface area contributed by atoms with Gasteiger partial charge in [0, 0.05) is 18.7 Å². The summed E-state index contributed by atoms with van der Waals surface area (Å²) >= 11 is 0. The van der Waals surface area contributed by atoms with E-state index in [1.165, 1.54) is 22.0 Å². The fourth-order valence-corrected chi connectivity index (χ4v) is 4.98. The van der Waals surface area contributed by atoms with Crippen molar-refractivity contribution in [2.45, 2.75) is 37.8 Å². The summed E-state index contributed by atoms with van der Waals surface area (Å²) < 4.78 is 6.93. The second-order valence-corrected chi connectivity index (χ2v) is 8.81. The Hall–Kier alpha value is -4.14. The van der Waals surface area contributed by atoms with E-state index in [1.54, 1.807) is 0 Å². The van der Waals surface area contributed by atoms with Crippen molar-refractivity contribution < 1.29 is 24.2 Å². The number of hydrogen-bond acceptors (Lipinski definition) is 5. The van der Waals surface area contributed by atoms with Crippen molar-refractivity contribution in [2.75, 3.05) is 18.5 Å². The van der Waals surface area contributed by atoms with Gasteiger partial charge in [0.1, 0.15) is 19.2 Å². The second-order valence-electron chi connectivity index (χ2n) is 8.81. The van der Waals surface area contributed by atoms with Gasteiger partial charge < -0.3 is 14.7 Å². The zero-order valence-electron chi connectivity index (χ0n) is 19.1. The molecule has 9 nitrogen and oxygen atoms in total. The van der Waals surface area contributed by atoms with Gasteiger partial charge in [-0.25, -0.2) is 9.59 Å². The number of aromatic nitrogens is 2. The number of hydrogen-bond donors (Lipinski definition) is 2. The average Bonchev–Trinajstić information content (AvgIpc) is 3.44. The number of nitrogens with zero attached hydrogens (tertiary/aromatic N) is 3. The molecule has 0 bridgehead atoms. The molecule has 1 unspecified atom stereocenters. The van der Waals surface area contributed by atoms with Crippen LogP contribution in [0.1, 0.15) is 36.3 Å². The molecule has 2 heterocycles. The standard InChI is InChI=1S/C26H26N4O5/c31-24(30-12-6-5-11-23(30)25(32)33)15-29-14-17(13-27-29)28-26(34)35-16-22-20-9-3-1-7-18(20)19-8-2-4-10-21(19)22/h1-4,7-10,13-14,22-23H,5-6,11-12,15-16H2,(H,28,34)(H,32,33). The van der Waals surface area contributed by atoms with E-state index in [0.717, 1.165) is 35.1 Å². The van der Waals surface area contributed by atoms with E-state index in [9.17, 15) is 19.5 Å². The van der Waals surface area contributed by atoms with Gasteiger partial charge in [-0.1, -0.05) is 48.5 Å². The molecule has 1 aliphatic heterocycles. The van der Waals surface area contributed by atoms with Crippen LogP contribution in [0.25, 0.3) is 11.1 Å². The minimum atomic E-state index is -0.990. The topological polar surface area (TPSA) is 114 Å². The smallest absolute Gasteiger partial charge is 0.411 e. The van der Waals surface area contributed by atoms with Gasteiger partial charge >= 0.3 is 12.1 Å². The van der Waals surface area contributed by atoms with Gasteiger partial charge in [-0.15, -0.1) is 0 Å². The highest BCUT2D eigenvalue weighted by molar-refractivity contribution is 5.85. The first kappa shape index (κ1) is 22.6. The van der Waals surface area contributed by atoms with Crippen LogP contribution < -0.4 is 5.32 Å². The number of benzene rings is 2. The van der Waals surface area contributed by atoms with Crippen LogP contribution in [0.4, 0.5) is 10.5 Å². The van der Waals surface area contributed by atoms with Crippen LogP contribution in [0.2, 0.25) is 0 Å². The van der Waals surface area contributed by atoms with Crippen molar-refractivity contribution in [3.63, 3.8) is 0 Å². The lowest BCUT2D eigenvalue weighted by Crippen LogP contribution is -2.49. The summed E-state index contributed by atoms with van der Waals surface area (Å²) in [4.78, 5) is 38.0. The quantitative estimate of drug-likeness (QED) is 0.563. The molecule has 1 atom stereocenters. The Bertz CT molecular complexity index is 1220. The van der Waals surface area contributed by atoms with Gasteiger partial charge in [0.05, 0.1) is 11.9 Å². The number of aliphatic carboxylic acids is 1. The molecule has 35 heavy (non-hydrogen) atoms. The number of anilines is 1. The average molecular weight is 475 g/mol. The first-order valence-corrected chi connectivity index (χ1v) is 11.7. The molecular weight excluding hydrogens is 448 g/mol. The molecule has 2 N–H and O–H groups in total. The lowest BCUT2D eigenvalue weighted by molar-refractivity contribution is -0.152.